The average molecular weight is 405 g/mol. The van der Waals surface area contributed by atoms with E-state index in [1.54, 1.807) is 23.1 Å². The van der Waals surface area contributed by atoms with Crippen LogP contribution in [0.2, 0.25) is 0 Å². The number of imide groups is 1. The van der Waals surface area contributed by atoms with E-state index in [1.165, 1.54) is 17.0 Å². The van der Waals surface area contributed by atoms with Gasteiger partial charge in [0.2, 0.25) is 5.91 Å². The van der Waals surface area contributed by atoms with Gasteiger partial charge >= 0.3 is 0 Å². The van der Waals surface area contributed by atoms with Crippen LogP contribution in [0.1, 0.15) is 25.6 Å². The van der Waals surface area contributed by atoms with E-state index >= 15 is 0 Å². The van der Waals surface area contributed by atoms with Gasteiger partial charge in [0.1, 0.15) is 6.54 Å². The van der Waals surface area contributed by atoms with Crippen LogP contribution >= 0.6 is 23.1 Å². The summed E-state index contributed by atoms with van der Waals surface area (Å²) in [6.07, 6.45) is 0. The van der Waals surface area contributed by atoms with Gasteiger partial charge < -0.3 is 5.32 Å². The highest BCUT2D eigenvalue weighted by molar-refractivity contribution is 7.98. The van der Waals surface area contributed by atoms with Crippen LogP contribution < -0.4 is 5.32 Å². The van der Waals surface area contributed by atoms with Gasteiger partial charge in [0, 0.05) is 35.1 Å². The number of nitrogens with zero attached hydrogens (tertiary/aromatic N) is 2. The lowest BCUT2D eigenvalue weighted by molar-refractivity contribution is -0.384. The summed E-state index contributed by atoms with van der Waals surface area (Å²) in [5.41, 5.74) is -0.248. The maximum atomic E-state index is 12.3. The molecule has 3 amide bonds. The third-order valence-electron chi connectivity index (χ3n) is 3.86. The third kappa shape index (κ3) is 4.34. The van der Waals surface area contributed by atoms with Gasteiger partial charge in [-0.3, -0.25) is 29.4 Å². The lowest BCUT2D eigenvalue weighted by Gasteiger charge is -2.13. The fourth-order valence-electron chi connectivity index (χ4n) is 2.57. The van der Waals surface area contributed by atoms with Crippen LogP contribution in [0.15, 0.2) is 35.7 Å². The van der Waals surface area contributed by atoms with Crippen LogP contribution in [0, 0.1) is 10.1 Å². The predicted molar refractivity (Wildman–Crippen MR) is 102 cm³/mol. The van der Waals surface area contributed by atoms with Crippen molar-refractivity contribution in [2.45, 2.75) is 5.75 Å². The normalized spacial score (nSPS) is 13.0. The molecule has 1 aromatic carbocycles. The first-order valence-electron chi connectivity index (χ1n) is 7.99. The van der Waals surface area contributed by atoms with Crippen LogP contribution in [-0.2, 0) is 10.5 Å². The zero-order valence-electron chi connectivity index (χ0n) is 14.0. The molecule has 27 heavy (non-hydrogen) atoms. The number of benzene rings is 1. The van der Waals surface area contributed by atoms with Gasteiger partial charge in [0.25, 0.3) is 17.5 Å². The fourth-order valence-corrected chi connectivity index (χ4v) is 4.26. The number of nitro benzene ring substituents is 1. The summed E-state index contributed by atoms with van der Waals surface area (Å²) in [4.78, 5) is 48.9. The Morgan fingerprint density at radius 3 is 2.70 bits per heavy atom. The second-order valence-corrected chi connectivity index (χ2v) is 7.80. The molecule has 0 bridgehead atoms. The SMILES string of the molecule is O=C(CN1C(=O)c2ccc([N+](=O)[O-])cc2C1=O)NCCSCc1cccs1. The van der Waals surface area contributed by atoms with E-state index in [4.69, 9.17) is 0 Å². The zero-order valence-corrected chi connectivity index (χ0v) is 15.7. The molecule has 2 heterocycles. The molecular weight excluding hydrogens is 390 g/mol. The van der Waals surface area contributed by atoms with E-state index in [2.05, 4.69) is 5.32 Å². The smallest absolute Gasteiger partial charge is 0.270 e. The van der Waals surface area contributed by atoms with Gasteiger partial charge in [0.15, 0.2) is 0 Å². The summed E-state index contributed by atoms with van der Waals surface area (Å²) < 4.78 is 0. The number of hydrogen-bond donors (Lipinski definition) is 1. The van der Waals surface area contributed by atoms with Gasteiger partial charge in [-0.05, 0) is 17.5 Å². The predicted octanol–water partition coefficient (Wildman–Crippen LogP) is 2.30. The number of thiophene rings is 1. The van der Waals surface area contributed by atoms with Crippen molar-refractivity contribution in [3.63, 3.8) is 0 Å². The Balaban J connectivity index is 1.50. The van der Waals surface area contributed by atoms with Gasteiger partial charge in [0.05, 0.1) is 16.1 Å². The van der Waals surface area contributed by atoms with Crippen molar-refractivity contribution in [1.29, 1.82) is 0 Å². The number of carbonyl (C=O) groups excluding carboxylic acids is 3. The second kappa shape index (κ2) is 8.31. The summed E-state index contributed by atoms with van der Waals surface area (Å²) in [6.45, 7) is 0.0131. The number of fused-ring (bicyclic) bond motifs is 1. The zero-order chi connectivity index (χ0) is 19.4. The van der Waals surface area contributed by atoms with Crippen LogP contribution in [0.5, 0.6) is 0 Å². The summed E-state index contributed by atoms with van der Waals surface area (Å²) >= 11 is 3.35. The molecule has 0 aliphatic carbocycles. The van der Waals surface area contributed by atoms with E-state index in [1.807, 2.05) is 17.5 Å². The third-order valence-corrected chi connectivity index (χ3v) is 5.93. The van der Waals surface area contributed by atoms with Crippen molar-refractivity contribution in [2.75, 3.05) is 18.8 Å². The van der Waals surface area contributed by atoms with Crippen LogP contribution in [0.4, 0.5) is 5.69 Å². The number of amides is 3. The number of nitro groups is 1. The Kier molecular flexibility index (Phi) is 5.87. The molecule has 1 aliphatic rings. The van der Waals surface area contributed by atoms with E-state index in [9.17, 15) is 24.5 Å². The molecule has 0 spiro atoms. The number of nitrogens with one attached hydrogen (secondary N) is 1. The molecule has 1 N–H and O–H groups in total. The minimum absolute atomic E-state index is 0.0477. The van der Waals surface area contributed by atoms with Crippen LogP contribution in [0.3, 0.4) is 0 Å². The molecule has 0 fully saturated rings. The van der Waals surface area contributed by atoms with Crippen molar-refractivity contribution < 1.29 is 19.3 Å². The largest absolute Gasteiger partial charge is 0.354 e. The second-order valence-electron chi connectivity index (χ2n) is 5.67. The highest BCUT2D eigenvalue weighted by atomic mass is 32.2. The van der Waals surface area contributed by atoms with Crippen molar-refractivity contribution in [2.24, 2.45) is 0 Å². The minimum Gasteiger partial charge on any atom is -0.354 e. The monoisotopic (exact) mass is 405 g/mol. The highest BCUT2D eigenvalue weighted by Gasteiger charge is 2.37. The topological polar surface area (TPSA) is 110 Å². The average Bonchev–Trinajstić information content (AvgIpc) is 3.24. The molecule has 0 atom stereocenters. The van der Waals surface area contributed by atoms with Gasteiger partial charge in [-0.25, -0.2) is 0 Å². The van der Waals surface area contributed by atoms with E-state index in [0.717, 1.165) is 16.7 Å². The number of rotatable bonds is 8. The molecule has 3 rings (SSSR count). The van der Waals surface area contributed by atoms with Gasteiger partial charge in [-0.15, -0.1) is 11.3 Å². The quantitative estimate of drug-likeness (QED) is 0.312. The first-order chi connectivity index (χ1) is 13.0. The molecule has 10 heteroatoms. The lowest BCUT2D eigenvalue weighted by atomic mass is 10.1. The maximum absolute atomic E-state index is 12.3. The Morgan fingerprint density at radius 1 is 1.22 bits per heavy atom. The Hall–Kier alpha value is -2.72. The molecule has 1 aliphatic heterocycles. The lowest BCUT2D eigenvalue weighted by Crippen LogP contribution is -2.40. The van der Waals surface area contributed by atoms with Crippen LogP contribution in [-0.4, -0.2) is 46.4 Å². The molecule has 1 aromatic heterocycles. The van der Waals surface area contributed by atoms with E-state index < -0.39 is 29.2 Å². The first-order valence-corrected chi connectivity index (χ1v) is 10.0. The summed E-state index contributed by atoms with van der Waals surface area (Å²) in [5, 5.41) is 15.5. The molecule has 8 nitrogen and oxygen atoms in total. The van der Waals surface area contributed by atoms with Crippen molar-refractivity contribution >= 4 is 46.5 Å². The van der Waals surface area contributed by atoms with E-state index in [-0.39, 0.29) is 16.8 Å². The van der Waals surface area contributed by atoms with Gasteiger partial charge in [-0.1, -0.05) is 6.07 Å². The van der Waals surface area contributed by atoms with E-state index in [0.29, 0.717) is 12.3 Å². The van der Waals surface area contributed by atoms with Gasteiger partial charge in [-0.2, -0.15) is 11.8 Å². The Labute approximate surface area is 162 Å². The number of thioether (sulfide) groups is 1. The molecule has 0 unspecified atom stereocenters. The van der Waals surface area contributed by atoms with Crippen molar-refractivity contribution in [3.8, 4) is 0 Å². The maximum Gasteiger partial charge on any atom is 0.270 e. The fraction of sp³-hybridized carbons (Fsp3) is 0.235. The number of carbonyl (C=O) groups is 3. The standard InChI is InChI=1S/C17H15N3O5S2/c21-15(18-5-7-26-10-12-2-1-6-27-12)9-19-16(22)13-4-3-11(20(24)25)8-14(13)17(19)23/h1-4,6,8H,5,7,9-10H2,(H,18,21). The van der Waals surface area contributed by atoms with Crippen molar-refractivity contribution in [1.82, 2.24) is 10.2 Å². The molecular formula is C17H15N3O5S2. The Bertz CT molecular complexity index is 898. The summed E-state index contributed by atoms with van der Waals surface area (Å²) in [7, 11) is 0. The van der Waals surface area contributed by atoms with Crippen LogP contribution in [0.25, 0.3) is 0 Å². The molecule has 140 valence electrons. The van der Waals surface area contributed by atoms with Crippen molar-refractivity contribution in [3.05, 3.63) is 61.8 Å². The molecule has 0 radical (unpaired) electrons. The number of non-ortho nitro benzene ring substituents is 1. The highest BCUT2D eigenvalue weighted by Crippen LogP contribution is 2.26. The molecule has 2 aromatic rings. The summed E-state index contributed by atoms with van der Waals surface area (Å²) in [5.74, 6) is -0.188. The first kappa shape index (κ1) is 19.1. The minimum atomic E-state index is -0.694. The number of hydrogen-bond acceptors (Lipinski definition) is 7. The molecule has 0 saturated heterocycles. The molecule has 0 saturated carbocycles. The summed E-state index contributed by atoms with van der Waals surface area (Å²) in [6, 6.07) is 7.50. The Morgan fingerprint density at radius 2 is 2.00 bits per heavy atom.